The van der Waals surface area contributed by atoms with Gasteiger partial charge in [-0.1, -0.05) is 0 Å². The van der Waals surface area contributed by atoms with Crippen molar-refractivity contribution in [2.24, 2.45) is 5.73 Å². The number of aryl methyl sites for hydroxylation is 1. The van der Waals surface area contributed by atoms with E-state index in [0.29, 0.717) is 22.7 Å². The fourth-order valence-electron chi connectivity index (χ4n) is 1.68. The predicted molar refractivity (Wildman–Crippen MR) is 67.8 cm³/mol. The van der Waals surface area contributed by atoms with E-state index in [1.54, 1.807) is 25.1 Å². The van der Waals surface area contributed by atoms with Gasteiger partial charge in [0.2, 0.25) is 0 Å². The zero-order valence-electron chi connectivity index (χ0n) is 10.5. The number of likely N-dealkylation sites (N-methyl/N-ethyl adjacent to an activating group) is 1. The van der Waals surface area contributed by atoms with E-state index in [2.05, 4.69) is 4.98 Å². The van der Waals surface area contributed by atoms with Crippen LogP contribution in [0.1, 0.15) is 5.89 Å². The molecule has 1 aromatic carbocycles. The number of carbonyl (C=O) groups is 2. The SMILES string of the molecule is Cc1nc2cc(N(C)C(=O)C(N)C(=O)O)ccc2o1. The first kappa shape index (κ1) is 13.0. The van der Waals surface area contributed by atoms with Crippen molar-refractivity contribution in [3.63, 3.8) is 0 Å². The third kappa shape index (κ3) is 2.41. The average molecular weight is 263 g/mol. The molecule has 0 aliphatic carbocycles. The van der Waals surface area contributed by atoms with Crippen LogP contribution in [0.15, 0.2) is 22.6 Å². The zero-order valence-corrected chi connectivity index (χ0v) is 10.5. The molecule has 0 saturated heterocycles. The molecule has 3 N–H and O–H groups in total. The number of carboxylic acids is 1. The Morgan fingerprint density at radius 2 is 2.16 bits per heavy atom. The lowest BCUT2D eigenvalue weighted by atomic mass is 10.2. The number of aliphatic carboxylic acids is 1. The molecule has 0 saturated carbocycles. The minimum atomic E-state index is -1.58. The number of oxazole rings is 1. The Bertz CT molecular complexity index is 649. The molecule has 1 unspecified atom stereocenters. The highest BCUT2D eigenvalue weighted by molar-refractivity contribution is 6.09. The second-order valence-corrected chi connectivity index (χ2v) is 4.10. The van der Waals surface area contributed by atoms with Crippen LogP contribution in [0.25, 0.3) is 11.1 Å². The van der Waals surface area contributed by atoms with Gasteiger partial charge < -0.3 is 20.2 Å². The minimum Gasteiger partial charge on any atom is -0.480 e. The summed E-state index contributed by atoms with van der Waals surface area (Å²) in [5.74, 6) is -1.55. The van der Waals surface area contributed by atoms with Gasteiger partial charge >= 0.3 is 5.97 Å². The van der Waals surface area contributed by atoms with Crippen molar-refractivity contribution in [3.05, 3.63) is 24.1 Å². The third-order valence-electron chi connectivity index (χ3n) is 2.73. The molecule has 0 radical (unpaired) electrons. The molecule has 1 atom stereocenters. The first-order chi connectivity index (χ1) is 8.90. The Kier molecular flexibility index (Phi) is 3.22. The van der Waals surface area contributed by atoms with E-state index < -0.39 is 17.9 Å². The first-order valence-electron chi connectivity index (χ1n) is 5.53. The largest absolute Gasteiger partial charge is 0.480 e. The van der Waals surface area contributed by atoms with Crippen molar-refractivity contribution >= 4 is 28.7 Å². The summed E-state index contributed by atoms with van der Waals surface area (Å²) < 4.78 is 5.32. The lowest BCUT2D eigenvalue weighted by Crippen LogP contribution is -2.46. The molecule has 2 rings (SSSR count). The number of hydrogen-bond donors (Lipinski definition) is 2. The highest BCUT2D eigenvalue weighted by Gasteiger charge is 2.25. The van der Waals surface area contributed by atoms with Crippen molar-refractivity contribution in [2.45, 2.75) is 13.0 Å². The second-order valence-electron chi connectivity index (χ2n) is 4.10. The van der Waals surface area contributed by atoms with Gasteiger partial charge in [0.1, 0.15) is 5.52 Å². The number of carbonyl (C=O) groups excluding carboxylic acids is 1. The van der Waals surface area contributed by atoms with Gasteiger partial charge in [0, 0.05) is 19.7 Å². The fourth-order valence-corrected chi connectivity index (χ4v) is 1.68. The van der Waals surface area contributed by atoms with Crippen LogP contribution >= 0.6 is 0 Å². The first-order valence-corrected chi connectivity index (χ1v) is 5.53. The Morgan fingerprint density at radius 3 is 2.79 bits per heavy atom. The Morgan fingerprint density at radius 1 is 1.47 bits per heavy atom. The summed E-state index contributed by atoms with van der Waals surface area (Å²) in [7, 11) is 1.46. The van der Waals surface area contributed by atoms with Crippen LogP contribution in [0.4, 0.5) is 5.69 Å². The molecule has 0 aliphatic heterocycles. The van der Waals surface area contributed by atoms with E-state index in [0.717, 1.165) is 0 Å². The summed E-state index contributed by atoms with van der Waals surface area (Å²) in [6, 6.07) is 3.36. The number of nitrogens with zero attached hydrogens (tertiary/aromatic N) is 2. The third-order valence-corrected chi connectivity index (χ3v) is 2.73. The van der Waals surface area contributed by atoms with Crippen LogP contribution in [0.2, 0.25) is 0 Å². The molecule has 0 aliphatic rings. The number of fused-ring (bicyclic) bond motifs is 1. The van der Waals surface area contributed by atoms with Crippen LogP contribution in [-0.2, 0) is 9.59 Å². The van der Waals surface area contributed by atoms with Crippen molar-refractivity contribution in [1.82, 2.24) is 4.98 Å². The molecule has 100 valence electrons. The molecule has 7 heteroatoms. The van der Waals surface area contributed by atoms with E-state index in [1.807, 2.05) is 0 Å². The number of aromatic nitrogens is 1. The highest BCUT2D eigenvalue weighted by atomic mass is 16.4. The maximum Gasteiger partial charge on any atom is 0.330 e. The standard InChI is InChI=1S/C12H13N3O4/c1-6-14-8-5-7(3-4-9(8)19-6)15(2)11(16)10(13)12(17)18/h3-5,10H,13H2,1-2H3,(H,17,18). The van der Waals surface area contributed by atoms with Crippen molar-refractivity contribution < 1.29 is 19.1 Å². The molecule has 1 amide bonds. The van der Waals surface area contributed by atoms with Gasteiger partial charge in [-0.3, -0.25) is 4.79 Å². The number of amides is 1. The summed E-state index contributed by atoms with van der Waals surface area (Å²) in [6.45, 7) is 1.72. The topological polar surface area (TPSA) is 110 Å². The molecule has 1 heterocycles. The van der Waals surface area contributed by atoms with Crippen LogP contribution in [0.3, 0.4) is 0 Å². The molecule has 19 heavy (non-hydrogen) atoms. The molecular formula is C12H13N3O4. The van der Waals surface area contributed by atoms with Crippen LogP contribution in [0, 0.1) is 6.92 Å². The van der Waals surface area contributed by atoms with E-state index in [9.17, 15) is 9.59 Å². The lowest BCUT2D eigenvalue weighted by molar-refractivity contribution is -0.142. The number of nitrogens with two attached hydrogens (primary N) is 1. The number of benzene rings is 1. The predicted octanol–water partition coefficient (Wildman–Crippen LogP) is 0.511. The average Bonchev–Trinajstić information content (AvgIpc) is 2.74. The molecule has 0 spiro atoms. The van der Waals surface area contributed by atoms with Crippen molar-refractivity contribution in [3.8, 4) is 0 Å². The van der Waals surface area contributed by atoms with Crippen LogP contribution in [0.5, 0.6) is 0 Å². The number of hydrogen-bond acceptors (Lipinski definition) is 5. The fraction of sp³-hybridized carbons (Fsp3) is 0.250. The van der Waals surface area contributed by atoms with E-state index in [-0.39, 0.29) is 0 Å². The van der Waals surface area contributed by atoms with Crippen LogP contribution in [-0.4, -0.2) is 35.1 Å². The van der Waals surface area contributed by atoms with Gasteiger partial charge in [0.05, 0.1) is 0 Å². The van der Waals surface area contributed by atoms with Crippen LogP contribution < -0.4 is 10.6 Å². The van der Waals surface area contributed by atoms with Gasteiger partial charge in [0.15, 0.2) is 17.5 Å². The van der Waals surface area contributed by atoms with Crippen molar-refractivity contribution in [1.29, 1.82) is 0 Å². The molecule has 2 aromatic rings. The summed E-state index contributed by atoms with van der Waals surface area (Å²) in [5.41, 5.74) is 6.99. The van der Waals surface area contributed by atoms with E-state index in [4.69, 9.17) is 15.3 Å². The maximum atomic E-state index is 11.8. The molecule has 1 aromatic heterocycles. The summed E-state index contributed by atoms with van der Waals surface area (Å²) >= 11 is 0. The van der Waals surface area contributed by atoms with Gasteiger partial charge in [-0.2, -0.15) is 0 Å². The van der Waals surface area contributed by atoms with Gasteiger partial charge in [-0.15, -0.1) is 0 Å². The molecule has 0 bridgehead atoms. The monoisotopic (exact) mass is 263 g/mol. The summed E-state index contributed by atoms with van der Waals surface area (Å²) in [5, 5.41) is 8.72. The van der Waals surface area contributed by atoms with E-state index >= 15 is 0 Å². The summed E-state index contributed by atoms with van der Waals surface area (Å²) in [6.07, 6.45) is 0. The lowest BCUT2D eigenvalue weighted by Gasteiger charge is -2.19. The molecule has 7 nitrogen and oxygen atoms in total. The normalized spacial score (nSPS) is 12.4. The summed E-state index contributed by atoms with van der Waals surface area (Å²) in [4.78, 5) is 27.8. The maximum absolute atomic E-state index is 11.8. The smallest absolute Gasteiger partial charge is 0.330 e. The van der Waals surface area contributed by atoms with Gasteiger partial charge in [-0.05, 0) is 18.2 Å². The molecular weight excluding hydrogens is 250 g/mol. The van der Waals surface area contributed by atoms with Gasteiger partial charge in [0.25, 0.3) is 5.91 Å². The quantitative estimate of drug-likeness (QED) is 0.781. The Balaban J connectivity index is 2.33. The number of carboxylic acid groups (broad SMARTS) is 1. The molecule has 0 fully saturated rings. The minimum absolute atomic E-state index is 0.502. The van der Waals surface area contributed by atoms with Gasteiger partial charge in [-0.25, -0.2) is 9.78 Å². The van der Waals surface area contributed by atoms with Crippen molar-refractivity contribution in [2.75, 3.05) is 11.9 Å². The highest BCUT2D eigenvalue weighted by Crippen LogP contribution is 2.22. The zero-order chi connectivity index (χ0) is 14.2. The Labute approximate surface area is 108 Å². The van der Waals surface area contributed by atoms with E-state index in [1.165, 1.54) is 11.9 Å². The number of anilines is 1. The second kappa shape index (κ2) is 4.69. The Hall–Kier alpha value is -2.41. The number of rotatable bonds is 3.